The standard InChI is InChI=1S/C16H11N3O2S.C16H15N3O2S.C16H11N3O2S.2C15H10N4O2S.2C2HF3O2/c20-15-8-16(22(21)18-15)19-10-12(9-17-19)14-7-3-5-11-4-1-2-6-13(11)14;2*20-15-8-16(22(21)18-15)19-10-14(9-17-19)13-6-5-11-3-1-2-4-12(11)7-13;20-13-7-14(22(21)18-13)19-9-11(8-17-19)12-5-1-3-10-4-2-6-16-15(10)12;20-14-6-15(22(21)18-14)19-9-11(8-17-19)12-3-1-2-10-7-16-5-4-13(10)12;2*3-2(4,5)1(6)7/h1-10H,(H,18,20);5-10H,1-4H2,(H,18,20);1-10H,(H,18,20);2*1-9H,(H,18,20);2*(H,6,7). The number of pyridine rings is 2. The van der Waals surface area contributed by atoms with E-state index in [0.29, 0.717) is 25.1 Å². The van der Waals surface area contributed by atoms with Crippen molar-refractivity contribution in [1.29, 1.82) is 0 Å². The first-order valence-corrected chi connectivity index (χ1v) is 42.0. The van der Waals surface area contributed by atoms with E-state index in [9.17, 15) is 71.4 Å². The third-order valence-corrected chi connectivity index (χ3v) is 23.9. The fraction of sp³-hybridized carbons (Fsp3) is 0.0732. The molecule has 6 aliphatic rings. The lowest BCUT2D eigenvalue weighted by Gasteiger charge is -2.16. The van der Waals surface area contributed by atoms with Gasteiger partial charge in [-0.25, -0.2) is 54.0 Å². The quantitative estimate of drug-likeness (QED) is 0.0625. The maximum Gasteiger partial charge on any atom is 0.490 e. The lowest BCUT2D eigenvalue weighted by atomic mass is 9.89. The Morgan fingerprint density at radius 3 is 1.13 bits per heavy atom. The number of hydrogen-bond donors (Lipinski definition) is 7. The number of aromatic nitrogens is 12. The highest BCUT2D eigenvalue weighted by atomic mass is 32.2. The van der Waals surface area contributed by atoms with E-state index < -0.39 is 79.2 Å². The maximum atomic E-state index is 11.8. The first-order valence-electron chi connectivity index (χ1n) is 36.3. The minimum atomic E-state index is -5.08. The number of benzene rings is 7. The topological polar surface area (TPSA) is 420 Å². The number of para-hydroxylation sites is 1. The van der Waals surface area contributed by atoms with Crippen LogP contribution in [0.3, 0.4) is 0 Å². The highest BCUT2D eigenvalue weighted by Gasteiger charge is 2.39. The number of carbonyl (C=O) groups is 7. The van der Waals surface area contributed by atoms with Gasteiger partial charge >= 0.3 is 24.3 Å². The van der Waals surface area contributed by atoms with E-state index in [0.717, 1.165) is 106 Å². The van der Waals surface area contributed by atoms with Crippen LogP contribution >= 0.6 is 0 Å². The van der Waals surface area contributed by atoms with Gasteiger partial charge in [0, 0.05) is 124 Å². The van der Waals surface area contributed by atoms with Crippen molar-refractivity contribution in [3.8, 4) is 55.6 Å². The van der Waals surface area contributed by atoms with Crippen LogP contribution in [0.2, 0.25) is 0 Å². The summed E-state index contributed by atoms with van der Waals surface area (Å²) in [6, 6.07) is 52.6. The molecule has 0 radical (unpaired) electrons. The van der Waals surface area contributed by atoms with Gasteiger partial charge < -0.3 is 10.2 Å². The Kier molecular flexibility index (Phi) is 25.6. The fourth-order valence-corrected chi connectivity index (χ4v) is 17.0. The Bertz CT molecular complexity index is 6520. The lowest BCUT2D eigenvalue weighted by Crippen LogP contribution is -2.21. The van der Waals surface area contributed by atoms with Crippen LogP contribution in [-0.2, 0) is 101 Å². The molecule has 0 saturated heterocycles. The Morgan fingerprint density at radius 1 is 0.339 bits per heavy atom. The number of rotatable bonds is 10. The van der Waals surface area contributed by atoms with E-state index in [4.69, 9.17) is 19.8 Å². The van der Waals surface area contributed by atoms with E-state index in [1.807, 2.05) is 103 Å². The fourth-order valence-electron chi connectivity index (χ4n) is 12.9. The first kappa shape index (κ1) is 85.7. The molecule has 7 N–H and O–H groups in total. The summed E-state index contributed by atoms with van der Waals surface area (Å²) >= 11 is 0. The normalized spacial score (nSPS) is 17.4. The predicted molar refractivity (Wildman–Crippen MR) is 451 cm³/mol. The van der Waals surface area contributed by atoms with Gasteiger partial charge in [0.1, 0.15) is 0 Å². The van der Waals surface area contributed by atoms with Crippen molar-refractivity contribution < 1.29 is 91.2 Å². The number of carboxylic acid groups (broad SMARTS) is 2. The van der Waals surface area contributed by atoms with Crippen LogP contribution in [0.15, 0.2) is 269 Å². The molecule has 5 amide bonds. The molecule has 20 rings (SSSR count). The second-order valence-corrected chi connectivity index (χ2v) is 32.4. The molecule has 5 unspecified atom stereocenters. The number of nitrogens with one attached hydrogen (secondary N) is 5. The van der Waals surface area contributed by atoms with Crippen LogP contribution in [0.25, 0.3) is 124 Å². The summed E-state index contributed by atoms with van der Waals surface area (Å²) < 4.78 is 141. The molecule has 7 aromatic carbocycles. The molecule has 5 atom stereocenters. The molecule has 124 heavy (non-hydrogen) atoms. The minimum Gasteiger partial charge on any atom is -0.475 e. The Hall–Kier alpha value is -14.8. The van der Waals surface area contributed by atoms with E-state index in [1.54, 1.807) is 74.4 Å². The van der Waals surface area contributed by atoms with Crippen molar-refractivity contribution >= 4 is 165 Å². The van der Waals surface area contributed by atoms with Crippen molar-refractivity contribution in [1.82, 2.24) is 82.5 Å². The van der Waals surface area contributed by atoms with Crippen molar-refractivity contribution in [3.63, 3.8) is 0 Å². The van der Waals surface area contributed by atoms with Crippen LogP contribution in [0.1, 0.15) is 24.0 Å². The molecular formula is C82H59F6N17O14S5. The highest BCUT2D eigenvalue weighted by molar-refractivity contribution is 7.94. The zero-order valence-electron chi connectivity index (χ0n) is 63.2. The third-order valence-electron chi connectivity index (χ3n) is 18.5. The van der Waals surface area contributed by atoms with Gasteiger partial charge in [-0.2, -0.15) is 51.8 Å². The Morgan fingerprint density at radius 2 is 0.685 bits per heavy atom. The monoisotopic (exact) mass is 1780 g/mol. The number of aliphatic carboxylic acids is 2. The third kappa shape index (κ3) is 20.1. The van der Waals surface area contributed by atoms with Crippen LogP contribution in [0, 0.1) is 0 Å². The van der Waals surface area contributed by atoms with E-state index >= 15 is 0 Å². The zero-order valence-corrected chi connectivity index (χ0v) is 67.3. The number of nitrogens with zero attached hydrogens (tertiary/aromatic N) is 12. The van der Waals surface area contributed by atoms with E-state index in [1.165, 1.54) is 83.1 Å². The molecule has 14 aromatic rings. The molecule has 0 bridgehead atoms. The van der Waals surface area contributed by atoms with E-state index in [2.05, 4.69) is 120 Å². The molecule has 12 heterocycles. The van der Waals surface area contributed by atoms with Gasteiger partial charge in [0.15, 0.2) is 80.1 Å². The summed E-state index contributed by atoms with van der Waals surface area (Å²) in [5.41, 5.74) is 13.4. The SMILES string of the molecule is O=C(O)C(F)(F)F.O=C(O)C(F)(F)F.O=C1C=C(n2cc(-c3ccc4c(c3)CCCC4)cn2)S(=O)N1.O=C1C=C(n2cc(-c3ccc4ccccc4c3)cn2)S(=O)N1.O=C1C=C(n2cc(-c3cccc4ccccc34)cn2)S(=O)N1.O=C1C=C(n2cc(-c3cccc4cccnc34)cn2)S(=O)N1.O=C1C=C(n2cc(-c3cccc4cnccc34)cn2)S(=O)N1. The Labute approximate surface area is 707 Å². The van der Waals surface area contributed by atoms with Crippen molar-refractivity contribution in [2.45, 2.75) is 38.0 Å². The molecule has 7 aromatic heterocycles. The zero-order chi connectivity index (χ0) is 87.7. The second-order valence-electron chi connectivity index (χ2n) is 26.6. The second kappa shape index (κ2) is 37.1. The molecule has 0 spiro atoms. The minimum absolute atomic E-state index is 0.324. The molecule has 0 fully saturated rings. The van der Waals surface area contributed by atoms with Gasteiger partial charge in [-0.3, -0.25) is 57.6 Å². The number of amides is 5. The Balaban J connectivity index is 0.000000121. The molecule has 42 heteroatoms. The molecule has 5 aliphatic heterocycles. The first-order chi connectivity index (χ1) is 59.5. The largest absolute Gasteiger partial charge is 0.490 e. The lowest BCUT2D eigenvalue weighted by molar-refractivity contribution is -0.193. The average Bonchev–Trinajstić information content (AvgIpc) is 1.59. The summed E-state index contributed by atoms with van der Waals surface area (Å²) in [6.45, 7) is 0. The summed E-state index contributed by atoms with van der Waals surface area (Å²) in [5, 5.41) is 44.8. The average molecular weight is 1780 g/mol. The van der Waals surface area contributed by atoms with Gasteiger partial charge in [-0.1, -0.05) is 140 Å². The summed E-state index contributed by atoms with van der Waals surface area (Å²) in [4.78, 5) is 82.6. The maximum absolute atomic E-state index is 11.8. The van der Waals surface area contributed by atoms with Crippen LogP contribution < -0.4 is 23.6 Å². The number of carboxylic acids is 2. The summed E-state index contributed by atoms with van der Waals surface area (Å²) in [7, 11) is -7.74. The molecule has 1 aliphatic carbocycles. The number of fused-ring (bicyclic) bond motifs is 5. The molecular weight excluding hydrogens is 1720 g/mol. The number of carbonyl (C=O) groups excluding carboxylic acids is 5. The number of halogens is 6. The number of aryl methyl sites for hydroxylation is 2. The molecule has 0 saturated carbocycles. The number of alkyl halides is 6. The van der Waals surface area contributed by atoms with Gasteiger partial charge in [0.2, 0.25) is 0 Å². The summed E-state index contributed by atoms with van der Waals surface area (Å²) in [5.74, 6) is -7.34. The van der Waals surface area contributed by atoms with Crippen LogP contribution in [-0.4, -0.2) is 144 Å². The smallest absolute Gasteiger partial charge is 0.475 e. The number of hydrogen-bond acceptors (Lipinski definition) is 19. The van der Waals surface area contributed by atoms with Gasteiger partial charge in [0.05, 0.1) is 36.5 Å². The van der Waals surface area contributed by atoms with Crippen molar-refractivity contribution in [2.75, 3.05) is 0 Å². The van der Waals surface area contributed by atoms with Crippen molar-refractivity contribution in [3.05, 3.63) is 280 Å². The molecule has 31 nitrogen and oxygen atoms in total. The summed E-state index contributed by atoms with van der Waals surface area (Å²) in [6.07, 6.45) is 23.8. The van der Waals surface area contributed by atoms with Gasteiger partial charge in [-0.15, -0.1) is 0 Å². The van der Waals surface area contributed by atoms with Crippen molar-refractivity contribution in [2.24, 2.45) is 0 Å². The van der Waals surface area contributed by atoms with Crippen LogP contribution in [0.5, 0.6) is 0 Å². The highest BCUT2D eigenvalue weighted by Crippen LogP contribution is 2.35. The van der Waals surface area contributed by atoms with Gasteiger partial charge in [-0.05, 0) is 104 Å². The predicted octanol–water partition coefficient (Wildman–Crippen LogP) is 11.3. The van der Waals surface area contributed by atoms with E-state index in [-0.39, 0.29) is 29.5 Å². The molecule has 628 valence electrons. The van der Waals surface area contributed by atoms with Gasteiger partial charge in [0.25, 0.3) is 29.5 Å². The van der Waals surface area contributed by atoms with Crippen LogP contribution in [0.4, 0.5) is 26.3 Å².